The number of nitrogens with zero attached hydrogens (tertiary/aromatic N) is 3. The molecule has 1 aliphatic rings. The van der Waals surface area contributed by atoms with Crippen molar-refractivity contribution in [3.8, 4) is 0 Å². The Kier molecular flexibility index (Phi) is 4.81. The third-order valence-electron chi connectivity index (χ3n) is 4.79. The molecule has 1 fully saturated rings. The van der Waals surface area contributed by atoms with Crippen molar-refractivity contribution in [3.05, 3.63) is 35.7 Å². The minimum atomic E-state index is 0.0128. The van der Waals surface area contributed by atoms with E-state index in [4.69, 9.17) is 0 Å². The molecule has 0 radical (unpaired) electrons. The number of aromatic nitrogens is 2. The van der Waals surface area contributed by atoms with Crippen LogP contribution in [-0.2, 0) is 0 Å². The maximum atomic E-state index is 13.1. The molecule has 0 spiro atoms. The first-order valence-corrected chi connectivity index (χ1v) is 8.81. The Hall–Kier alpha value is -1.68. The number of carbonyl (C=O) groups is 1. The molecule has 124 valence electrons. The minimum Gasteiger partial charge on any atom is -0.303 e. The van der Waals surface area contributed by atoms with Gasteiger partial charge in [-0.05, 0) is 44.0 Å². The fourth-order valence-corrected chi connectivity index (χ4v) is 3.53. The smallest absolute Gasteiger partial charge is 0.171 e. The second kappa shape index (κ2) is 6.83. The van der Waals surface area contributed by atoms with Crippen molar-refractivity contribution in [3.63, 3.8) is 0 Å². The topological polar surface area (TPSA) is 37.6 Å². The predicted octanol–water partition coefficient (Wildman–Crippen LogP) is 3.76. The number of piperidine rings is 1. The molecule has 4 nitrogen and oxygen atoms in total. The van der Waals surface area contributed by atoms with Gasteiger partial charge in [0.05, 0.1) is 16.8 Å². The van der Waals surface area contributed by atoms with Crippen molar-refractivity contribution in [1.82, 2.24) is 14.5 Å². The summed E-state index contributed by atoms with van der Waals surface area (Å²) in [6.07, 6.45) is 5.77. The highest BCUT2D eigenvalue weighted by molar-refractivity contribution is 6.05. The molecule has 0 amide bonds. The Balaban J connectivity index is 1.88. The molecule has 0 aliphatic carbocycles. The first kappa shape index (κ1) is 16.2. The molecule has 3 rings (SSSR count). The summed E-state index contributed by atoms with van der Waals surface area (Å²) in [5.41, 5.74) is 2.68. The third-order valence-corrected chi connectivity index (χ3v) is 4.79. The SMILES string of the molecule is CC(CN1CCCCC1)C(=O)c1c(C(C)C)nn2ccccc12. The van der Waals surface area contributed by atoms with Gasteiger partial charge in [-0.1, -0.05) is 33.3 Å². The molecule has 1 aliphatic heterocycles. The number of fused-ring (bicyclic) bond motifs is 1. The highest BCUT2D eigenvalue weighted by Crippen LogP contribution is 2.26. The van der Waals surface area contributed by atoms with Crippen LogP contribution in [0.2, 0.25) is 0 Å². The monoisotopic (exact) mass is 313 g/mol. The van der Waals surface area contributed by atoms with E-state index >= 15 is 0 Å². The maximum absolute atomic E-state index is 13.1. The van der Waals surface area contributed by atoms with Crippen LogP contribution in [0.1, 0.15) is 62.0 Å². The zero-order chi connectivity index (χ0) is 16.4. The normalized spacial score (nSPS) is 17.7. The van der Waals surface area contributed by atoms with E-state index in [-0.39, 0.29) is 17.6 Å². The summed E-state index contributed by atoms with van der Waals surface area (Å²) < 4.78 is 1.84. The Bertz CT molecular complexity index is 683. The van der Waals surface area contributed by atoms with E-state index in [1.54, 1.807) is 0 Å². The van der Waals surface area contributed by atoms with E-state index in [0.717, 1.165) is 36.4 Å². The zero-order valence-corrected chi connectivity index (χ0v) is 14.5. The maximum Gasteiger partial charge on any atom is 0.171 e. The molecule has 1 atom stereocenters. The number of rotatable bonds is 5. The van der Waals surface area contributed by atoms with Crippen molar-refractivity contribution >= 4 is 11.3 Å². The fraction of sp³-hybridized carbons (Fsp3) is 0.579. The number of carbonyl (C=O) groups excluding carboxylic acids is 1. The highest BCUT2D eigenvalue weighted by atomic mass is 16.1. The second-order valence-electron chi connectivity index (χ2n) is 7.07. The number of likely N-dealkylation sites (tertiary alicyclic amines) is 1. The Labute approximate surface area is 138 Å². The van der Waals surface area contributed by atoms with Crippen molar-refractivity contribution in [2.24, 2.45) is 5.92 Å². The van der Waals surface area contributed by atoms with Gasteiger partial charge in [0, 0.05) is 18.7 Å². The Morgan fingerprint density at radius 2 is 1.91 bits per heavy atom. The lowest BCUT2D eigenvalue weighted by Crippen LogP contribution is -2.36. The van der Waals surface area contributed by atoms with Crippen molar-refractivity contribution < 1.29 is 4.79 Å². The molecule has 3 heterocycles. The van der Waals surface area contributed by atoms with Crippen LogP contribution < -0.4 is 0 Å². The molecule has 0 bridgehead atoms. The summed E-state index contributed by atoms with van der Waals surface area (Å²) in [4.78, 5) is 15.6. The number of Topliss-reactive ketones (excluding diaryl/α,β-unsaturated/α-hetero) is 1. The second-order valence-corrected chi connectivity index (χ2v) is 7.07. The van der Waals surface area contributed by atoms with Gasteiger partial charge < -0.3 is 4.90 Å². The molecule has 1 saturated heterocycles. The molecule has 0 aromatic carbocycles. The van der Waals surface area contributed by atoms with Crippen LogP contribution in [0.4, 0.5) is 0 Å². The van der Waals surface area contributed by atoms with Crippen molar-refractivity contribution in [2.45, 2.75) is 46.0 Å². The van der Waals surface area contributed by atoms with Gasteiger partial charge in [-0.25, -0.2) is 4.52 Å². The molecule has 4 heteroatoms. The van der Waals surface area contributed by atoms with Crippen LogP contribution in [0.25, 0.3) is 5.52 Å². The van der Waals surface area contributed by atoms with E-state index < -0.39 is 0 Å². The van der Waals surface area contributed by atoms with Crippen LogP contribution in [0.3, 0.4) is 0 Å². The lowest BCUT2D eigenvalue weighted by Gasteiger charge is -2.28. The predicted molar refractivity (Wildman–Crippen MR) is 93.1 cm³/mol. The third kappa shape index (κ3) is 3.32. The minimum absolute atomic E-state index is 0.0128. The molecular weight excluding hydrogens is 286 g/mol. The quantitative estimate of drug-likeness (QED) is 0.789. The summed E-state index contributed by atoms with van der Waals surface area (Å²) in [6, 6.07) is 5.93. The van der Waals surface area contributed by atoms with E-state index in [0.29, 0.717) is 0 Å². The van der Waals surface area contributed by atoms with Crippen LogP contribution in [0.15, 0.2) is 24.4 Å². The van der Waals surface area contributed by atoms with Gasteiger partial charge in [0.25, 0.3) is 0 Å². The lowest BCUT2D eigenvalue weighted by molar-refractivity contribution is 0.0884. The molecule has 2 aromatic rings. The Morgan fingerprint density at radius 1 is 1.17 bits per heavy atom. The van der Waals surface area contributed by atoms with Gasteiger partial charge in [-0.15, -0.1) is 0 Å². The Morgan fingerprint density at radius 3 is 2.61 bits per heavy atom. The summed E-state index contributed by atoms with van der Waals surface area (Å²) in [7, 11) is 0. The van der Waals surface area contributed by atoms with Gasteiger partial charge in [0.1, 0.15) is 0 Å². The van der Waals surface area contributed by atoms with E-state index in [9.17, 15) is 4.79 Å². The van der Waals surface area contributed by atoms with Gasteiger partial charge in [0.15, 0.2) is 5.78 Å². The van der Waals surface area contributed by atoms with Gasteiger partial charge in [0.2, 0.25) is 0 Å². The van der Waals surface area contributed by atoms with Gasteiger partial charge >= 0.3 is 0 Å². The number of pyridine rings is 1. The first-order chi connectivity index (χ1) is 11.1. The zero-order valence-electron chi connectivity index (χ0n) is 14.5. The van der Waals surface area contributed by atoms with E-state index in [2.05, 4.69) is 30.8 Å². The van der Waals surface area contributed by atoms with E-state index in [1.807, 2.05) is 28.9 Å². The van der Waals surface area contributed by atoms with Crippen LogP contribution in [0.5, 0.6) is 0 Å². The summed E-state index contributed by atoms with van der Waals surface area (Å²) in [5, 5.41) is 4.64. The highest BCUT2D eigenvalue weighted by Gasteiger charge is 2.26. The molecular formula is C19H27N3O. The first-order valence-electron chi connectivity index (χ1n) is 8.81. The standard InChI is InChI=1S/C19H27N3O/c1-14(2)18-17(16-9-5-8-12-22(16)20-18)19(23)15(3)13-21-10-6-4-7-11-21/h5,8-9,12,14-15H,4,6-7,10-11,13H2,1-3H3. The van der Waals surface area contributed by atoms with Crippen molar-refractivity contribution in [1.29, 1.82) is 0 Å². The van der Waals surface area contributed by atoms with Crippen molar-refractivity contribution in [2.75, 3.05) is 19.6 Å². The molecule has 1 unspecified atom stereocenters. The molecule has 0 saturated carbocycles. The van der Waals surface area contributed by atoms with Gasteiger partial charge in [-0.3, -0.25) is 4.79 Å². The van der Waals surface area contributed by atoms with Gasteiger partial charge in [-0.2, -0.15) is 5.10 Å². The average Bonchev–Trinajstić information content (AvgIpc) is 2.94. The summed E-state index contributed by atoms with van der Waals surface area (Å²) in [5.74, 6) is 0.496. The summed E-state index contributed by atoms with van der Waals surface area (Å²) in [6.45, 7) is 9.39. The van der Waals surface area contributed by atoms with Crippen LogP contribution >= 0.6 is 0 Å². The fourth-order valence-electron chi connectivity index (χ4n) is 3.53. The molecule has 0 N–H and O–H groups in total. The molecule has 23 heavy (non-hydrogen) atoms. The lowest BCUT2D eigenvalue weighted by atomic mass is 9.93. The number of hydrogen-bond donors (Lipinski definition) is 0. The van der Waals surface area contributed by atoms with Crippen LogP contribution in [-0.4, -0.2) is 39.9 Å². The van der Waals surface area contributed by atoms with E-state index in [1.165, 1.54) is 19.3 Å². The summed E-state index contributed by atoms with van der Waals surface area (Å²) >= 11 is 0. The van der Waals surface area contributed by atoms with Crippen LogP contribution in [0, 0.1) is 5.92 Å². The molecule has 2 aromatic heterocycles. The largest absolute Gasteiger partial charge is 0.303 e. The number of hydrogen-bond acceptors (Lipinski definition) is 3. The average molecular weight is 313 g/mol. The number of ketones is 1.